The van der Waals surface area contributed by atoms with Crippen molar-refractivity contribution in [1.29, 1.82) is 0 Å². The molecule has 0 atom stereocenters. The number of nitrogens with zero attached hydrogens (tertiary/aromatic N) is 4. The van der Waals surface area contributed by atoms with E-state index in [2.05, 4.69) is 126 Å². The van der Waals surface area contributed by atoms with Crippen LogP contribution in [0.25, 0.3) is 61.7 Å². The second-order valence-electron chi connectivity index (χ2n) is 15.7. The lowest BCUT2D eigenvalue weighted by Crippen LogP contribution is -2.56. The first kappa shape index (κ1) is 30.7. The monoisotopic (exact) mass is 684 g/mol. The molecule has 8 aromatic rings. The molecule has 53 heavy (non-hydrogen) atoms. The first-order valence-corrected chi connectivity index (χ1v) is 19.3. The van der Waals surface area contributed by atoms with Gasteiger partial charge in [-0.2, -0.15) is 0 Å². The molecule has 256 valence electrons. The smallest absolute Gasteiger partial charge is 0.164 e. The van der Waals surface area contributed by atoms with Gasteiger partial charge in [-0.05, 0) is 91.2 Å². The zero-order valence-corrected chi connectivity index (χ0v) is 29.6. The van der Waals surface area contributed by atoms with Crippen LogP contribution in [0, 0.1) is 23.7 Å². The van der Waals surface area contributed by atoms with Crippen molar-refractivity contribution in [2.45, 2.75) is 37.5 Å². The first-order valence-electron chi connectivity index (χ1n) is 19.3. The van der Waals surface area contributed by atoms with Crippen molar-refractivity contribution < 1.29 is 0 Å². The van der Waals surface area contributed by atoms with Gasteiger partial charge in [-0.3, -0.25) is 0 Å². The van der Waals surface area contributed by atoms with Crippen LogP contribution in [0.4, 0.5) is 0 Å². The molecule has 0 radical (unpaired) electrons. The molecule has 0 amide bonds. The van der Waals surface area contributed by atoms with E-state index in [1.54, 1.807) is 0 Å². The van der Waals surface area contributed by atoms with Crippen LogP contribution < -0.4 is 0 Å². The fraction of sp³-hybridized carbons (Fsp3) is 0.204. The Labute approximate surface area is 310 Å². The highest BCUT2D eigenvalue weighted by Crippen LogP contribution is 2.65. The van der Waals surface area contributed by atoms with E-state index >= 15 is 0 Å². The molecule has 6 aromatic carbocycles. The fourth-order valence-corrected chi connectivity index (χ4v) is 11.0. The average molecular weight is 685 g/mol. The predicted molar refractivity (Wildman–Crippen MR) is 215 cm³/mol. The van der Waals surface area contributed by atoms with Crippen LogP contribution in [0.1, 0.15) is 43.2 Å². The number of rotatable bonds is 6. The molecular formula is C49H40N4. The van der Waals surface area contributed by atoms with Gasteiger partial charge in [0.05, 0.1) is 11.0 Å². The normalized spacial score (nSPS) is 23.2. The summed E-state index contributed by atoms with van der Waals surface area (Å²) in [4.78, 5) is 15.0. The summed E-state index contributed by atoms with van der Waals surface area (Å²) >= 11 is 0. The maximum absolute atomic E-state index is 5.04. The van der Waals surface area contributed by atoms with Gasteiger partial charge in [-0.25, -0.2) is 15.0 Å². The van der Waals surface area contributed by atoms with E-state index in [0.717, 1.165) is 28.5 Å². The summed E-state index contributed by atoms with van der Waals surface area (Å²) in [6.07, 6.45) is 6.76. The Morgan fingerprint density at radius 2 is 0.792 bits per heavy atom. The highest BCUT2D eigenvalue weighted by Gasteiger charge is 2.58. The lowest BCUT2D eigenvalue weighted by atomic mass is 9.42. The molecule has 4 nitrogen and oxygen atoms in total. The molecule has 0 aliphatic heterocycles. The summed E-state index contributed by atoms with van der Waals surface area (Å²) in [5, 5.41) is 2.60. The highest BCUT2D eigenvalue weighted by molar-refractivity contribution is 6.09. The maximum atomic E-state index is 5.04. The topological polar surface area (TPSA) is 43.6 Å². The minimum atomic E-state index is -0.00516. The van der Waals surface area contributed by atoms with E-state index in [1.807, 2.05) is 36.4 Å². The largest absolute Gasteiger partial charge is 0.309 e. The van der Waals surface area contributed by atoms with Crippen LogP contribution in [0.2, 0.25) is 0 Å². The van der Waals surface area contributed by atoms with E-state index in [1.165, 1.54) is 70.7 Å². The Kier molecular flexibility index (Phi) is 7.01. The summed E-state index contributed by atoms with van der Waals surface area (Å²) in [5.41, 5.74) is 9.64. The van der Waals surface area contributed by atoms with Gasteiger partial charge in [-0.1, -0.05) is 133 Å². The van der Waals surface area contributed by atoms with E-state index in [9.17, 15) is 0 Å². The molecule has 4 bridgehead atoms. The lowest BCUT2D eigenvalue weighted by molar-refractivity contribution is -0.0418. The Bertz CT molecular complexity index is 2470. The van der Waals surface area contributed by atoms with Crippen molar-refractivity contribution in [2.24, 2.45) is 23.7 Å². The van der Waals surface area contributed by atoms with Gasteiger partial charge >= 0.3 is 0 Å². The third-order valence-corrected chi connectivity index (χ3v) is 12.9. The molecule has 4 saturated carbocycles. The van der Waals surface area contributed by atoms with Gasteiger partial charge in [0.15, 0.2) is 17.5 Å². The minimum absolute atomic E-state index is 0.00516. The summed E-state index contributed by atoms with van der Waals surface area (Å²) in [7, 11) is 0. The maximum Gasteiger partial charge on any atom is 0.164 e. The second kappa shape index (κ2) is 12.1. The summed E-state index contributed by atoms with van der Waals surface area (Å²) < 4.78 is 2.44. The van der Waals surface area contributed by atoms with Crippen molar-refractivity contribution in [3.63, 3.8) is 0 Å². The first-order chi connectivity index (χ1) is 26.2. The summed E-state index contributed by atoms with van der Waals surface area (Å²) in [6.45, 7) is 0. The van der Waals surface area contributed by atoms with Crippen LogP contribution in [-0.4, -0.2) is 19.5 Å². The molecule has 0 spiro atoms. The van der Waals surface area contributed by atoms with Crippen LogP contribution in [0.3, 0.4) is 0 Å². The zero-order chi connectivity index (χ0) is 34.9. The molecule has 4 heteroatoms. The SMILES string of the molecule is c1ccc(-c2nc(-c3ccccc3)nc(-c3ccc(C4(c5ccc(-n6c7ccccc7c7ccccc76)cc5)C5CC6CC(C5)CC4C6)cc3)n2)cc1. The van der Waals surface area contributed by atoms with Gasteiger partial charge in [0.2, 0.25) is 0 Å². The third-order valence-electron chi connectivity index (χ3n) is 12.9. The van der Waals surface area contributed by atoms with Crippen molar-refractivity contribution in [1.82, 2.24) is 19.5 Å². The molecular weight excluding hydrogens is 645 g/mol. The van der Waals surface area contributed by atoms with Gasteiger partial charge in [-0.15, -0.1) is 0 Å². The van der Waals surface area contributed by atoms with Gasteiger partial charge in [0.25, 0.3) is 0 Å². The van der Waals surface area contributed by atoms with E-state index in [0.29, 0.717) is 29.3 Å². The Hall–Kier alpha value is -5.87. The Balaban J connectivity index is 1.02. The van der Waals surface area contributed by atoms with E-state index in [4.69, 9.17) is 15.0 Å². The fourth-order valence-electron chi connectivity index (χ4n) is 11.0. The highest BCUT2D eigenvalue weighted by atomic mass is 15.0. The van der Waals surface area contributed by atoms with Crippen LogP contribution in [0.5, 0.6) is 0 Å². The number of benzene rings is 6. The predicted octanol–water partition coefficient (Wildman–Crippen LogP) is 11.7. The van der Waals surface area contributed by atoms with Gasteiger partial charge in [0, 0.05) is 38.6 Å². The van der Waals surface area contributed by atoms with Crippen molar-refractivity contribution in [3.05, 3.63) is 169 Å². The van der Waals surface area contributed by atoms with Crippen LogP contribution >= 0.6 is 0 Å². The molecule has 2 heterocycles. The molecule has 4 aliphatic rings. The number of aromatic nitrogens is 4. The molecule has 0 saturated heterocycles. The zero-order valence-electron chi connectivity index (χ0n) is 29.6. The van der Waals surface area contributed by atoms with Crippen molar-refractivity contribution in [3.8, 4) is 39.9 Å². The number of para-hydroxylation sites is 2. The molecule has 2 aromatic heterocycles. The Morgan fingerprint density at radius 3 is 1.26 bits per heavy atom. The third kappa shape index (κ3) is 4.85. The molecule has 0 N–H and O–H groups in total. The van der Waals surface area contributed by atoms with Crippen LogP contribution in [0.15, 0.2) is 158 Å². The number of hydrogen-bond donors (Lipinski definition) is 0. The molecule has 4 fully saturated rings. The van der Waals surface area contributed by atoms with Crippen molar-refractivity contribution in [2.75, 3.05) is 0 Å². The quantitative estimate of drug-likeness (QED) is 0.175. The van der Waals surface area contributed by atoms with Crippen LogP contribution in [-0.2, 0) is 5.41 Å². The van der Waals surface area contributed by atoms with Gasteiger partial charge in [0.1, 0.15) is 0 Å². The van der Waals surface area contributed by atoms with E-state index in [-0.39, 0.29) is 5.41 Å². The number of hydrogen-bond acceptors (Lipinski definition) is 3. The number of fused-ring (bicyclic) bond motifs is 3. The lowest BCUT2D eigenvalue weighted by Gasteiger charge is -2.62. The summed E-state index contributed by atoms with van der Waals surface area (Å²) in [5.74, 6) is 5.14. The average Bonchev–Trinajstić information content (AvgIpc) is 3.56. The molecule has 4 aliphatic carbocycles. The standard InChI is InChI=1S/C49H40N4/c1-3-11-34(12-4-1)46-50-47(35-13-5-2-6-14-35)52-48(51-46)36-19-21-37(22-20-36)49(39-28-32-27-33(30-39)31-40(49)29-32)38-23-25-41(26-24-38)53-44-17-9-7-15-42(44)43-16-8-10-18-45(43)53/h1-26,32-33,39-40H,27-31H2. The summed E-state index contributed by atoms with van der Waals surface area (Å²) in [6, 6.07) is 57.2. The Morgan fingerprint density at radius 1 is 0.396 bits per heavy atom. The second-order valence-corrected chi connectivity index (χ2v) is 15.7. The van der Waals surface area contributed by atoms with Crippen molar-refractivity contribution >= 4 is 21.8 Å². The van der Waals surface area contributed by atoms with Gasteiger partial charge < -0.3 is 4.57 Å². The molecule has 12 rings (SSSR count). The van der Waals surface area contributed by atoms with E-state index < -0.39 is 0 Å². The molecule has 0 unspecified atom stereocenters. The minimum Gasteiger partial charge on any atom is -0.309 e.